The van der Waals surface area contributed by atoms with Gasteiger partial charge in [-0.05, 0) is 29.7 Å². The molecule has 6 heteroatoms. The Balaban J connectivity index is 2.23. The van der Waals surface area contributed by atoms with Gasteiger partial charge in [0.2, 0.25) is 0 Å². The zero-order chi connectivity index (χ0) is 17.5. The lowest BCUT2D eigenvalue weighted by Gasteiger charge is -2.15. The Hall–Kier alpha value is -1.63. The van der Waals surface area contributed by atoms with Crippen molar-refractivity contribution in [3.05, 3.63) is 53.8 Å². The standard InChI is InChI=1S/C18H20F3O2Si/c1-3-9-22-24(23-10-4-2)14-7-5-13(6-8-14)15-11-17(20)18(21)12-16(15)19/h5-8,11-12H,3-4,9-10H2,1-2H3. The fourth-order valence-corrected chi connectivity index (χ4v) is 3.76. The Morgan fingerprint density at radius 3 is 1.88 bits per heavy atom. The Morgan fingerprint density at radius 1 is 0.792 bits per heavy atom. The molecule has 129 valence electrons. The molecule has 0 N–H and O–H groups in total. The molecular weight excluding hydrogens is 333 g/mol. The highest BCUT2D eigenvalue weighted by Crippen LogP contribution is 2.24. The van der Waals surface area contributed by atoms with Crippen LogP contribution in [0.2, 0.25) is 0 Å². The topological polar surface area (TPSA) is 18.5 Å². The molecule has 0 aromatic heterocycles. The lowest BCUT2D eigenvalue weighted by molar-refractivity contribution is 0.207. The second kappa shape index (κ2) is 9.01. The zero-order valence-corrected chi connectivity index (χ0v) is 14.7. The van der Waals surface area contributed by atoms with Gasteiger partial charge in [-0.25, -0.2) is 13.2 Å². The molecule has 0 aliphatic heterocycles. The van der Waals surface area contributed by atoms with E-state index in [4.69, 9.17) is 8.85 Å². The third-order valence-corrected chi connectivity index (χ3v) is 5.05. The van der Waals surface area contributed by atoms with Crippen molar-refractivity contribution in [2.45, 2.75) is 26.7 Å². The van der Waals surface area contributed by atoms with Crippen molar-refractivity contribution in [1.29, 1.82) is 0 Å². The van der Waals surface area contributed by atoms with E-state index in [9.17, 15) is 13.2 Å². The maximum Gasteiger partial charge on any atom is 0.423 e. The van der Waals surface area contributed by atoms with Gasteiger partial charge in [-0.1, -0.05) is 38.1 Å². The second-order valence-electron chi connectivity index (χ2n) is 5.31. The lowest BCUT2D eigenvalue weighted by atomic mass is 10.1. The molecule has 2 aromatic rings. The molecule has 0 amide bonds. The lowest BCUT2D eigenvalue weighted by Crippen LogP contribution is -2.37. The molecule has 0 aliphatic rings. The SMILES string of the molecule is CCCO[Si](OCCC)c1ccc(-c2cc(F)c(F)cc2F)cc1. The molecule has 24 heavy (non-hydrogen) atoms. The maximum atomic E-state index is 13.9. The minimum atomic E-state index is -1.60. The average Bonchev–Trinajstić information content (AvgIpc) is 2.59. The van der Waals surface area contributed by atoms with Crippen molar-refractivity contribution in [2.75, 3.05) is 13.2 Å². The molecule has 0 spiro atoms. The van der Waals surface area contributed by atoms with Gasteiger partial charge in [0.25, 0.3) is 0 Å². The summed E-state index contributed by atoms with van der Waals surface area (Å²) < 4.78 is 51.8. The van der Waals surface area contributed by atoms with Crippen LogP contribution in [0.15, 0.2) is 36.4 Å². The quantitative estimate of drug-likeness (QED) is 0.520. The van der Waals surface area contributed by atoms with E-state index in [1.165, 1.54) is 0 Å². The van der Waals surface area contributed by atoms with E-state index in [2.05, 4.69) is 0 Å². The van der Waals surface area contributed by atoms with Crippen molar-refractivity contribution in [2.24, 2.45) is 0 Å². The highest BCUT2D eigenvalue weighted by Gasteiger charge is 2.19. The van der Waals surface area contributed by atoms with Crippen molar-refractivity contribution >= 4 is 14.5 Å². The Morgan fingerprint density at radius 2 is 1.33 bits per heavy atom. The van der Waals surface area contributed by atoms with Crippen LogP contribution in [0.1, 0.15) is 26.7 Å². The minimum Gasteiger partial charge on any atom is -0.390 e. The average molecular weight is 353 g/mol. The van der Waals surface area contributed by atoms with Crippen LogP contribution >= 0.6 is 0 Å². The Bertz CT molecular complexity index is 654. The van der Waals surface area contributed by atoms with Gasteiger partial charge in [0.05, 0.1) is 0 Å². The third-order valence-electron chi connectivity index (χ3n) is 3.32. The van der Waals surface area contributed by atoms with Gasteiger partial charge in [0.15, 0.2) is 11.6 Å². The fourth-order valence-electron chi connectivity index (χ4n) is 2.13. The van der Waals surface area contributed by atoms with Crippen LogP contribution in [0.4, 0.5) is 13.2 Å². The first-order valence-electron chi connectivity index (χ1n) is 7.94. The predicted octanol–water partition coefficient (Wildman–Crippen LogP) is 4.32. The van der Waals surface area contributed by atoms with E-state index in [0.29, 0.717) is 24.8 Å². The number of rotatable bonds is 8. The van der Waals surface area contributed by atoms with Crippen LogP contribution in [0.25, 0.3) is 11.1 Å². The minimum absolute atomic E-state index is 0.0261. The zero-order valence-electron chi connectivity index (χ0n) is 13.7. The molecule has 1 radical (unpaired) electrons. The predicted molar refractivity (Wildman–Crippen MR) is 89.6 cm³/mol. The van der Waals surface area contributed by atoms with Crippen LogP contribution < -0.4 is 5.19 Å². The van der Waals surface area contributed by atoms with Gasteiger partial charge < -0.3 is 8.85 Å². The maximum absolute atomic E-state index is 13.9. The highest BCUT2D eigenvalue weighted by atomic mass is 28.3. The van der Waals surface area contributed by atoms with Gasteiger partial charge in [0, 0.05) is 24.8 Å². The second-order valence-corrected chi connectivity index (χ2v) is 7.04. The number of hydrogen-bond donors (Lipinski definition) is 0. The first kappa shape index (κ1) is 18.7. The van der Waals surface area contributed by atoms with E-state index in [1.54, 1.807) is 24.3 Å². The van der Waals surface area contributed by atoms with Crippen LogP contribution in [0.5, 0.6) is 0 Å². The molecule has 0 bridgehead atoms. The van der Waals surface area contributed by atoms with Gasteiger partial charge >= 0.3 is 9.28 Å². The van der Waals surface area contributed by atoms with E-state index >= 15 is 0 Å². The van der Waals surface area contributed by atoms with Crippen LogP contribution in [-0.4, -0.2) is 22.5 Å². The molecule has 0 aliphatic carbocycles. The summed E-state index contributed by atoms with van der Waals surface area (Å²) >= 11 is 0. The summed E-state index contributed by atoms with van der Waals surface area (Å²) in [6, 6.07) is 8.33. The summed E-state index contributed by atoms with van der Waals surface area (Å²) in [4.78, 5) is 0. The molecule has 0 atom stereocenters. The van der Waals surface area contributed by atoms with Crippen LogP contribution in [-0.2, 0) is 8.85 Å². The number of benzene rings is 2. The van der Waals surface area contributed by atoms with E-state index in [0.717, 1.165) is 24.1 Å². The normalized spacial score (nSPS) is 11.2. The van der Waals surface area contributed by atoms with Gasteiger partial charge in [-0.2, -0.15) is 0 Å². The van der Waals surface area contributed by atoms with Gasteiger partial charge in [-0.15, -0.1) is 0 Å². The summed E-state index contributed by atoms with van der Waals surface area (Å²) in [6.07, 6.45) is 1.78. The molecule has 2 rings (SSSR count). The van der Waals surface area contributed by atoms with Gasteiger partial charge in [-0.3, -0.25) is 0 Å². The molecule has 2 aromatic carbocycles. The molecule has 0 unspecified atom stereocenters. The summed E-state index contributed by atoms with van der Waals surface area (Å²) in [5.41, 5.74) is 0.501. The number of halogens is 3. The monoisotopic (exact) mass is 353 g/mol. The summed E-state index contributed by atoms with van der Waals surface area (Å²) in [7, 11) is -1.60. The van der Waals surface area contributed by atoms with E-state index in [-0.39, 0.29) is 5.56 Å². The molecule has 2 nitrogen and oxygen atoms in total. The smallest absolute Gasteiger partial charge is 0.390 e. The van der Waals surface area contributed by atoms with E-state index in [1.807, 2.05) is 13.8 Å². The van der Waals surface area contributed by atoms with Crippen molar-refractivity contribution in [3.63, 3.8) is 0 Å². The number of hydrogen-bond acceptors (Lipinski definition) is 2. The molecule has 0 heterocycles. The summed E-state index contributed by atoms with van der Waals surface area (Å²) in [6.45, 7) is 5.26. The fraction of sp³-hybridized carbons (Fsp3) is 0.333. The molecule has 0 saturated heterocycles. The van der Waals surface area contributed by atoms with Crippen molar-refractivity contribution in [1.82, 2.24) is 0 Å². The van der Waals surface area contributed by atoms with Gasteiger partial charge in [0.1, 0.15) is 5.82 Å². The summed E-state index contributed by atoms with van der Waals surface area (Å²) in [5.74, 6) is -3.06. The van der Waals surface area contributed by atoms with Crippen LogP contribution in [0.3, 0.4) is 0 Å². The van der Waals surface area contributed by atoms with Crippen molar-refractivity contribution < 1.29 is 22.0 Å². The van der Waals surface area contributed by atoms with E-state index < -0.39 is 26.7 Å². The largest absolute Gasteiger partial charge is 0.423 e. The Kier molecular flexibility index (Phi) is 7.02. The first-order chi connectivity index (χ1) is 11.6. The highest BCUT2D eigenvalue weighted by molar-refractivity contribution is 6.61. The Labute approximate surface area is 142 Å². The summed E-state index contributed by atoms with van der Waals surface area (Å²) in [5, 5.41) is 0.897. The first-order valence-corrected chi connectivity index (χ1v) is 9.26. The van der Waals surface area contributed by atoms with Crippen molar-refractivity contribution in [3.8, 4) is 11.1 Å². The molecule has 0 fully saturated rings. The van der Waals surface area contributed by atoms with Crippen LogP contribution in [0, 0.1) is 17.5 Å². The molecular formula is C18H20F3O2Si. The molecule has 0 saturated carbocycles. The third kappa shape index (κ3) is 4.69.